The van der Waals surface area contributed by atoms with Gasteiger partial charge in [-0.05, 0) is 48.8 Å². The lowest BCUT2D eigenvalue weighted by Crippen LogP contribution is -2.26. The molecule has 134 valence electrons. The number of amides is 1. The minimum absolute atomic E-state index is 0.0603. The Hall–Kier alpha value is -1.59. The van der Waals surface area contributed by atoms with Gasteiger partial charge in [0, 0.05) is 9.90 Å². The zero-order chi connectivity index (χ0) is 18.0. The third-order valence-corrected chi connectivity index (χ3v) is 5.85. The minimum Gasteiger partial charge on any atom is -0.484 e. The van der Waals surface area contributed by atoms with Crippen LogP contribution in [-0.4, -0.2) is 17.5 Å². The van der Waals surface area contributed by atoms with Gasteiger partial charge >= 0.3 is 0 Å². The van der Waals surface area contributed by atoms with Crippen LogP contribution in [0.2, 0.25) is 5.02 Å². The molecule has 1 heterocycles. The molecule has 1 atom stereocenters. The van der Waals surface area contributed by atoms with Crippen LogP contribution >= 0.6 is 22.9 Å². The van der Waals surface area contributed by atoms with Crippen molar-refractivity contribution in [2.75, 3.05) is 11.9 Å². The summed E-state index contributed by atoms with van der Waals surface area (Å²) in [7, 11) is 0. The Morgan fingerprint density at radius 1 is 1.44 bits per heavy atom. The summed E-state index contributed by atoms with van der Waals surface area (Å²) in [5.74, 6) is 1.03. The van der Waals surface area contributed by atoms with Gasteiger partial charge in [-0.1, -0.05) is 38.4 Å². The third-order valence-electron chi connectivity index (χ3n) is 4.58. The average Bonchev–Trinajstić information content (AvgIpc) is 2.93. The van der Waals surface area contributed by atoms with Gasteiger partial charge in [-0.3, -0.25) is 10.1 Å². The van der Waals surface area contributed by atoms with Gasteiger partial charge in [0.25, 0.3) is 5.91 Å². The van der Waals surface area contributed by atoms with Gasteiger partial charge in [-0.2, -0.15) is 0 Å². The first-order chi connectivity index (χ1) is 11.8. The van der Waals surface area contributed by atoms with Gasteiger partial charge in [0.05, 0.1) is 5.69 Å². The quantitative estimate of drug-likeness (QED) is 0.817. The highest BCUT2D eigenvalue weighted by Gasteiger charge is 2.30. The molecular weight excluding hydrogens is 356 g/mol. The first kappa shape index (κ1) is 18.2. The molecule has 0 fully saturated rings. The molecular formula is C19H23ClN2O2S. The van der Waals surface area contributed by atoms with Crippen LogP contribution in [0, 0.1) is 11.3 Å². The number of hydrogen-bond donors (Lipinski definition) is 1. The minimum atomic E-state index is -0.210. The molecule has 0 spiro atoms. The predicted octanol–water partition coefficient (Wildman–Crippen LogP) is 4.97. The summed E-state index contributed by atoms with van der Waals surface area (Å²) in [5.41, 5.74) is 1.44. The van der Waals surface area contributed by atoms with Gasteiger partial charge in [-0.15, -0.1) is 11.3 Å². The lowest BCUT2D eigenvalue weighted by atomic mass is 9.73. The van der Waals surface area contributed by atoms with Gasteiger partial charge in [0.2, 0.25) is 0 Å². The van der Waals surface area contributed by atoms with E-state index in [-0.39, 0.29) is 12.5 Å². The van der Waals surface area contributed by atoms with E-state index in [0.717, 1.165) is 25.0 Å². The summed E-state index contributed by atoms with van der Waals surface area (Å²) in [6.07, 6.45) is 3.19. The van der Waals surface area contributed by atoms with Crippen molar-refractivity contribution in [1.82, 2.24) is 4.98 Å². The monoisotopic (exact) mass is 378 g/mol. The molecule has 2 aromatic rings. The van der Waals surface area contributed by atoms with E-state index in [0.29, 0.717) is 27.2 Å². The molecule has 3 rings (SSSR count). The highest BCUT2D eigenvalue weighted by atomic mass is 35.5. The maximum absolute atomic E-state index is 12.1. The van der Waals surface area contributed by atoms with Gasteiger partial charge in [0.15, 0.2) is 11.7 Å². The number of halogens is 1. The summed E-state index contributed by atoms with van der Waals surface area (Å²) < 4.78 is 5.46. The van der Waals surface area contributed by atoms with E-state index >= 15 is 0 Å². The fourth-order valence-electron chi connectivity index (χ4n) is 3.03. The Bertz CT molecular complexity index is 767. The van der Waals surface area contributed by atoms with E-state index in [2.05, 4.69) is 31.1 Å². The van der Waals surface area contributed by atoms with Crippen molar-refractivity contribution in [3.8, 4) is 5.75 Å². The third kappa shape index (κ3) is 4.73. The van der Waals surface area contributed by atoms with Crippen molar-refractivity contribution in [2.24, 2.45) is 11.3 Å². The SMILES string of the molecule is CC(C)(C)[C@H]1CCc2nc(NC(=O)COc3cccc(Cl)c3)sc2C1. The summed E-state index contributed by atoms with van der Waals surface area (Å²) in [6.45, 7) is 6.81. The molecule has 6 heteroatoms. The molecule has 1 aromatic carbocycles. The number of benzene rings is 1. The van der Waals surface area contributed by atoms with E-state index in [1.54, 1.807) is 35.6 Å². The van der Waals surface area contributed by atoms with Crippen LogP contribution in [0.15, 0.2) is 24.3 Å². The van der Waals surface area contributed by atoms with Crippen LogP contribution in [0.3, 0.4) is 0 Å². The van der Waals surface area contributed by atoms with Crippen LogP contribution in [0.1, 0.15) is 37.8 Å². The lowest BCUT2D eigenvalue weighted by Gasteiger charge is -2.33. The number of carbonyl (C=O) groups excluding carboxylic acids is 1. The fourth-order valence-corrected chi connectivity index (χ4v) is 4.31. The second-order valence-electron chi connectivity index (χ2n) is 7.49. The average molecular weight is 379 g/mol. The zero-order valence-corrected chi connectivity index (χ0v) is 16.3. The van der Waals surface area contributed by atoms with Gasteiger partial charge in [-0.25, -0.2) is 4.98 Å². The molecule has 1 aliphatic carbocycles. The Kier molecular flexibility index (Phi) is 5.35. The van der Waals surface area contributed by atoms with Crippen molar-refractivity contribution in [1.29, 1.82) is 0 Å². The highest BCUT2D eigenvalue weighted by molar-refractivity contribution is 7.15. The number of thiazole rings is 1. The number of carbonyl (C=O) groups is 1. The smallest absolute Gasteiger partial charge is 0.264 e. The molecule has 0 aliphatic heterocycles. The second-order valence-corrected chi connectivity index (χ2v) is 9.01. The van der Waals surface area contributed by atoms with Crippen molar-refractivity contribution >= 4 is 34.0 Å². The standard InChI is InChI=1S/C19H23ClN2O2S/c1-19(2,3)12-7-8-15-16(9-12)25-18(21-15)22-17(23)11-24-14-6-4-5-13(20)10-14/h4-6,10,12H,7-9,11H2,1-3H3,(H,21,22,23)/t12-/m0/s1. The van der Waals surface area contributed by atoms with Crippen molar-refractivity contribution in [3.63, 3.8) is 0 Å². The molecule has 0 unspecified atom stereocenters. The lowest BCUT2D eigenvalue weighted by molar-refractivity contribution is -0.118. The zero-order valence-electron chi connectivity index (χ0n) is 14.8. The Labute approximate surface area is 157 Å². The number of ether oxygens (including phenoxy) is 1. The van der Waals surface area contributed by atoms with E-state index in [9.17, 15) is 4.79 Å². The van der Waals surface area contributed by atoms with Crippen LogP contribution in [-0.2, 0) is 17.6 Å². The molecule has 4 nitrogen and oxygen atoms in total. The van der Waals surface area contributed by atoms with Crippen LogP contribution < -0.4 is 10.1 Å². The van der Waals surface area contributed by atoms with E-state index in [1.165, 1.54) is 4.88 Å². The topological polar surface area (TPSA) is 51.2 Å². The molecule has 1 amide bonds. The molecule has 0 saturated heterocycles. The van der Waals surface area contributed by atoms with E-state index < -0.39 is 0 Å². The summed E-state index contributed by atoms with van der Waals surface area (Å²) in [6, 6.07) is 7.01. The molecule has 1 aliphatic rings. The Morgan fingerprint density at radius 2 is 2.24 bits per heavy atom. The first-order valence-electron chi connectivity index (χ1n) is 8.48. The predicted molar refractivity (Wildman–Crippen MR) is 103 cm³/mol. The summed E-state index contributed by atoms with van der Waals surface area (Å²) in [4.78, 5) is 18.0. The maximum atomic E-state index is 12.1. The maximum Gasteiger partial charge on any atom is 0.264 e. The second kappa shape index (κ2) is 7.34. The number of fused-ring (bicyclic) bond motifs is 1. The first-order valence-corrected chi connectivity index (χ1v) is 9.67. The van der Waals surface area contributed by atoms with Crippen molar-refractivity contribution < 1.29 is 9.53 Å². The number of nitrogens with zero attached hydrogens (tertiary/aromatic N) is 1. The molecule has 0 radical (unpaired) electrons. The van der Waals surface area contributed by atoms with E-state index in [1.807, 2.05) is 0 Å². The van der Waals surface area contributed by atoms with Crippen LogP contribution in [0.25, 0.3) is 0 Å². The highest BCUT2D eigenvalue weighted by Crippen LogP contribution is 2.40. The van der Waals surface area contributed by atoms with Gasteiger partial charge in [0.1, 0.15) is 5.75 Å². The Balaban J connectivity index is 1.57. The summed E-state index contributed by atoms with van der Waals surface area (Å²) >= 11 is 7.49. The number of rotatable bonds is 4. The molecule has 0 bridgehead atoms. The summed E-state index contributed by atoms with van der Waals surface area (Å²) in [5, 5.41) is 4.10. The van der Waals surface area contributed by atoms with E-state index in [4.69, 9.17) is 16.3 Å². The molecule has 1 N–H and O–H groups in total. The van der Waals surface area contributed by atoms with Crippen LogP contribution in [0.5, 0.6) is 5.75 Å². The fraction of sp³-hybridized carbons (Fsp3) is 0.474. The van der Waals surface area contributed by atoms with Crippen molar-refractivity contribution in [2.45, 2.75) is 40.0 Å². The number of nitrogens with one attached hydrogen (secondary N) is 1. The van der Waals surface area contributed by atoms with Crippen molar-refractivity contribution in [3.05, 3.63) is 39.9 Å². The van der Waals surface area contributed by atoms with Gasteiger partial charge < -0.3 is 4.74 Å². The number of aromatic nitrogens is 1. The molecule has 0 saturated carbocycles. The number of aryl methyl sites for hydroxylation is 1. The molecule has 25 heavy (non-hydrogen) atoms. The largest absolute Gasteiger partial charge is 0.484 e. The van der Waals surface area contributed by atoms with Crippen LogP contribution in [0.4, 0.5) is 5.13 Å². The number of hydrogen-bond acceptors (Lipinski definition) is 4. The number of anilines is 1. The Morgan fingerprint density at radius 3 is 2.96 bits per heavy atom. The molecule has 1 aromatic heterocycles. The normalized spacial score (nSPS) is 17.0.